The first-order valence-corrected chi connectivity index (χ1v) is 13.2. The summed E-state index contributed by atoms with van der Waals surface area (Å²) in [5.74, 6) is 1.17. The van der Waals surface area contributed by atoms with Gasteiger partial charge in [-0.05, 0) is 68.0 Å². The van der Waals surface area contributed by atoms with Gasteiger partial charge in [0.05, 0.1) is 31.6 Å². The molecule has 1 atom stereocenters. The van der Waals surface area contributed by atoms with Gasteiger partial charge in [-0.1, -0.05) is 12.1 Å². The number of nitrogens with zero attached hydrogens (tertiary/aromatic N) is 3. The molecular formula is C30H31N3O5. The van der Waals surface area contributed by atoms with Gasteiger partial charge in [0.1, 0.15) is 0 Å². The number of methoxy groups -OCH3 is 1. The van der Waals surface area contributed by atoms with Crippen molar-refractivity contribution in [2.45, 2.75) is 64.4 Å². The summed E-state index contributed by atoms with van der Waals surface area (Å²) in [6.45, 7) is 2.66. The molecule has 1 N–H and O–H groups in total. The predicted octanol–water partition coefficient (Wildman–Crippen LogP) is 4.78. The number of hydrogen-bond acceptors (Lipinski definition) is 6. The van der Waals surface area contributed by atoms with Gasteiger partial charge in [0, 0.05) is 47.7 Å². The van der Waals surface area contributed by atoms with Crippen LogP contribution in [0, 0.1) is 0 Å². The maximum atomic E-state index is 13.7. The van der Waals surface area contributed by atoms with Gasteiger partial charge in [0.25, 0.3) is 11.8 Å². The monoisotopic (exact) mass is 513 g/mol. The van der Waals surface area contributed by atoms with Crippen molar-refractivity contribution >= 4 is 17.5 Å². The number of fused-ring (bicyclic) bond motifs is 2. The number of pyridine rings is 1. The molecule has 0 spiro atoms. The number of aliphatic hydroxyl groups is 1. The number of amides is 2. The van der Waals surface area contributed by atoms with Crippen LogP contribution in [0.5, 0.6) is 11.5 Å². The SMILES string of the molecule is COc1ccc(N2C(=O)c3cc(CN4Cc5cnc(CO)cc5C4=O)ccc3C2C)cc1OC1CCCC1. The van der Waals surface area contributed by atoms with Crippen molar-refractivity contribution in [2.24, 2.45) is 0 Å². The Balaban J connectivity index is 1.23. The van der Waals surface area contributed by atoms with Crippen LogP contribution in [0.25, 0.3) is 0 Å². The van der Waals surface area contributed by atoms with Crippen molar-refractivity contribution in [3.8, 4) is 11.5 Å². The van der Waals surface area contributed by atoms with Gasteiger partial charge in [-0.2, -0.15) is 0 Å². The van der Waals surface area contributed by atoms with E-state index in [0.29, 0.717) is 41.4 Å². The van der Waals surface area contributed by atoms with Gasteiger partial charge in [-0.3, -0.25) is 14.6 Å². The van der Waals surface area contributed by atoms with Crippen LogP contribution in [-0.4, -0.2) is 40.0 Å². The van der Waals surface area contributed by atoms with Crippen LogP contribution >= 0.6 is 0 Å². The molecule has 1 saturated carbocycles. The van der Waals surface area contributed by atoms with E-state index in [2.05, 4.69) is 4.98 Å². The van der Waals surface area contributed by atoms with Gasteiger partial charge in [0.15, 0.2) is 11.5 Å². The van der Waals surface area contributed by atoms with E-state index in [1.807, 2.05) is 43.3 Å². The third-order valence-corrected chi connectivity index (χ3v) is 7.88. The molecule has 38 heavy (non-hydrogen) atoms. The zero-order valence-electron chi connectivity index (χ0n) is 21.6. The Morgan fingerprint density at radius 2 is 1.82 bits per heavy atom. The Labute approximate surface area is 221 Å². The number of aromatic nitrogens is 1. The van der Waals surface area contributed by atoms with E-state index in [0.717, 1.165) is 35.2 Å². The minimum atomic E-state index is -0.204. The van der Waals surface area contributed by atoms with Crippen LogP contribution in [-0.2, 0) is 19.7 Å². The number of anilines is 1. The molecule has 6 rings (SSSR count). The molecule has 1 aliphatic carbocycles. The van der Waals surface area contributed by atoms with Crippen molar-refractivity contribution in [1.82, 2.24) is 9.88 Å². The summed E-state index contributed by atoms with van der Waals surface area (Å²) >= 11 is 0. The Morgan fingerprint density at radius 3 is 2.58 bits per heavy atom. The topological polar surface area (TPSA) is 92.2 Å². The molecule has 2 aliphatic heterocycles. The third-order valence-electron chi connectivity index (χ3n) is 7.88. The maximum absolute atomic E-state index is 13.7. The molecule has 1 unspecified atom stereocenters. The fraction of sp³-hybridized carbons (Fsp3) is 0.367. The smallest absolute Gasteiger partial charge is 0.259 e. The van der Waals surface area contributed by atoms with Gasteiger partial charge in [-0.25, -0.2) is 0 Å². The van der Waals surface area contributed by atoms with E-state index in [9.17, 15) is 14.7 Å². The first-order chi connectivity index (χ1) is 18.5. The van der Waals surface area contributed by atoms with Crippen LogP contribution < -0.4 is 14.4 Å². The summed E-state index contributed by atoms with van der Waals surface area (Å²) in [5.41, 5.74) is 5.18. The molecule has 3 aliphatic rings. The Hall–Kier alpha value is -3.91. The molecule has 0 bridgehead atoms. The average molecular weight is 514 g/mol. The Bertz CT molecular complexity index is 1410. The van der Waals surface area contributed by atoms with Crippen LogP contribution in [0.4, 0.5) is 5.69 Å². The number of aliphatic hydroxyl groups excluding tert-OH is 1. The molecular weight excluding hydrogens is 482 g/mol. The number of carbonyl (C=O) groups excluding carboxylic acids is 2. The molecule has 2 aromatic carbocycles. The fourth-order valence-electron chi connectivity index (χ4n) is 5.86. The highest BCUT2D eigenvalue weighted by molar-refractivity contribution is 6.11. The highest BCUT2D eigenvalue weighted by Gasteiger charge is 2.36. The fourth-order valence-corrected chi connectivity index (χ4v) is 5.86. The minimum Gasteiger partial charge on any atom is -0.493 e. The van der Waals surface area contributed by atoms with Crippen molar-refractivity contribution in [3.63, 3.8) is 0 Å². The lowest BCUT2D eigenvalue weighted by Crippen LogP contribution is -2.26. The van der Waals surface area contributed by atoms with Crippen LogP contribution in [0.15, 0.2) is 48.7 Å². The lowest BCUT2D eigenvalue weighted by Gasteiger charge is -2.24. The van der Waals surface area contributed by atoms with E-state index in [1.165, 1.54) is 12.8 Å². The lowest BCUT2D eigenvalue weighted by atomic mass is 10.0. The van der Waals surface area contributed by atoms with Crippen molar-refractivity contribution in [3.05, 3.63) is 82.2 Å². The van der Waals surface area contributed by atoms with E-state index in [4.69, 9.17) is 9.47 Å². The number of benzene rings is 2. The molecule has 3 heterocycles. The maximum Gasteiger partial charge on any atom is 0.259 e. The first kappa shape index (κ1) is 24.4. The molecule has 1 fully saturated rings. The second kappa shape index (κ2) is 9.76. The zero-order chi connectivity index (χ0) is 26.4. The van der Waals surface area contributed by atoms with E-state index in [1.54, 1.807) is 29.2 Å². The number of hydrogen-bond donors (Lipinski definition) is 1. The summed E-state index contributed by atoms with van der Waals surface area (Å²) in [7, 11) is 1.63. The van der Waals surface area contributed by atoms with Gasteiger partial charge in [-0.15, -0.1) is 0 Å². The van der Waals surface area contributed by atoms with Crippen molar-refractivity contribution in [1.29, 1.82) is 0 Å². The first-order valence-electron chi connectivity index (χ1n) is 13.2. The lowest BCUT2D eigenvalue weighted by molar-refractivity contribution is 0.0766. The second-order valence-corrected chi connectivity index (χ2v) is 10.3. The molecule has 3 aromatic rings. The third kappa shape index (κ3) is 4.19. The van der Waals surface area contributed by atoms with E-state index >= 15 is 0 Å². The molecule has 1 aromatic heterocycles. The predicted molar refractivity (Wildman–Crippen MR) is 141 cm³/mol. The molecule has 0 saturated heterocycles. The standard InChI is InChI=1S/C30H31N3O5/c1-18-24-9-7-19(15-32-16-20-14-31-21(17-34)12-25(20)29(32)35)11-26(24)30(36)33(18)22-8-10-27(37-2)28(13-22)38-23-5-3-4-6-23/h7-14,18,23,34H,3-6,15-17H2,1-2H3. The summed E-state index contributed by atoms with van der Waals surface area (Å²) in [4.78, 5) is 34.4. The summed E-state index contributed by atoms with van der Waals surface area (Å²) in [5, 5.41) is 9.36. The van der Waals surface area contributed by atoms with E-state index in [-0.39, 0.29) is 30.6 Å². The average Bonchev–Trinajstić information content (AvgIpc) is 3.62. The molecule has 0 radical (unpaired) electrons. The number of rotatable bonds is 7. The Morgan fingerprint density at radius 1 is 1.00 bits per heavy atom. The number of carbonyl (C=O) groups is 2. The van der Waals surface area contributed by atoms with Crippen LogP contribution in [0.3, 0.4) is 0 Å². The minimum absolute atomic E-state index is 0.0702. The largest absolute Gasteiger partial charge is 0.493 e. The zero-order valence-corrected chi connectivity index (χ0v) is 21.6. The number of ether oxygens (including phenoxy) is 2. The molecule has 8 nitrogen and oxygen atoms in total. The quantitative estimate of drug-likeness (QED) is 0.489. The molecule has 8 heteroatoms. The van der Waals surface area contributed by atoms with Gasteiger partial charge in [0.2, 0.25) is 0 Å². The Kier molecular flexibility index (Phi) is 6.27. The van der Waals surface area contributed by atoms with Crippen LogP contribution in [0.1, 0.15) is 81.7 Å². The van der Waals surface area contributed by atoms with Crippen molar-refractivity contribution < 1.29 is 24.2 Å². The summed E-state index contributed by atoms with van der Waals surface area (Å²) in [6, 6.07) is 13.1. The van der Waals surface area contributed by atoms with Gasteiger partial charge >= 0.3 is 0 Å². The van der Waals surface area contributed by atoms with Gasteiger partial charge < -0.3 is 24.4 Å². The van der Waals surface area contributed by atoms with E-state index < -0.39 is 0 Å². The highest BCUT2D eigenvalue weighted by atomic mass is 16.5. The normalized spacial score (nSPS) is 18.8. The van der Waals surface area contributed by atoms with Crippen molar-refractivity contribution in [2.75, 3.05) is 12.0 Å². The summed E-state index contributed by atoms with van der Waals surface area (Å²) < 4.78 is 11.8. The molecule has 196 valence electrons. The van der Waals surface area contributed by atoms with Crippen LogP contribution in [0.2, 0.25) is 0 Å². The second-order valence-electron chi connectivity index (χ2n) is 10.3. The highest BCUT2D eigenvalue weighted by Crippen LogP contribution is 2.42. The molecule has 2 amide bonds. The summed E-state index contributed by atoms with van der Waals surface area (Å²) in [6.07, 6.45) is 6.23.